The Morgan fingerprint density at radius 3 is 1.78 bits per heavy atom. The highest BCUT2D eigenvalue weighted by Gasteiger charge is 2.21. The van der Waals surface area contributed by atoms with Gasteiger partial charge in [-0.15, -0.1) is 0 Å². The zero-order valence-corrected chi connectivity index (χ0v) is 18.2. The van der Waals surface area contributed by atoms with Crippen LogP contribution in [0.1, 0.15) is 21.5 Å². The van der Waals surface area contributed by atoms with Gasteiger partial charge < -0.3 is 24.1 Å². The first-order chi connectivity index (χ1) is 15.4. The van der Waals surface area contributed by atoms with Crippen LogP contribution in [0.25, 0.3) is 0 Å². The molecule has 0 radical (unpaired) electrons. The van der Waals surface area contributed by atoms with Crippen LogP contribution in [-0.2, 0) is 18.0 Å². The highest BCUT2D eigenvalue weighted by Crippen LogP contribution is 2.38. The lowest BCUT2D eigenvalue weighted by molar-refractivity contribution is -0.131. The summed E-state index contributed by atoms with van der Waals surface area (Å²) in [6.07, 6.45) is 0. The van der Waals surface area contributed by atoms with Crippen molar-refractivity contribution in [3.63, 3.8) is 0 Å². The van der Waals surface area contributed by atoms with Crippen molar-refractivity contribution in [3.05, 3.63) is 82.4 Å². The van der Waals surface area contributed by atoms with Gasteiger partial charge in [-0.2, -0.15) is 0 Å². The van der Waals surface area contributed by atoms with E-state index in [0.717, 1.165) is 11.1 Å². The van der Waals surface area contributed by atoms with Crippen LogP contribution in [-0.4, -0.2) is 31.1 Å². The van der Waals surface area contributed by atoms with E-state index in [2.05, 4.69) is 0 Å². The van der Waals surface area contributed by atoms with Crippen LogP contribution in [0.15, 0.2) is 60.7 Å². The van der Waals surface area contributed by atoms with E-state index in [1.54, 1.807) is 38.5 Å². The molecular weight excluding hydrogens is 436 g/mol. The Morgan fingerprint density at radius 1 is 0.812 bits per heavy atom. The van der Waals surface area contributed by atoms with Crippen LogP contribution in [0.5, 0.6) is 23.0 Å². The van der Waals surface area contributed by atoms with Gasteiger partial charge >= 0.3 is 5.97 Å². The van der Waals surface area contributed by atoms with E-state index in [1.807, 2.05) is 24.3 Å². The molecule has 0 aliphatic heterocycles. The zero-order chi connectivity index (χ0) is 23.1. The molecule has 7 nitrogen and oxygen atoms in total. The number of rotatable bonds is 10. The fourth-order valence-corrected chi connectivity index (χ4v) is 3.10. The molecule has 8 heteroatoms. The molecule has 166 valence electrons. The monoisotopic (exact) mass is 456 g/mol. The van der Waals surface area contributed by atoms with Crippen LogP contribution < -0.4 is 18.9 Å². The molecule has 0 saturated heterocycles. The number of carbonyl (C=O) groups excluding carboxylic acids is 1. The number of carbonyl (C=O) groups is 2. The smallest absolute Gasteiger partial charge is 0.377 e. The number of aliphatic carboxylic acids is 1. The van der Waals surface area contributed by atoms with Crippen LogP contribution in [0.4, 0.5) is 0 Å². The van der Waals surface area contributed by atoms with Gasteiger partial charge in [0.1, 0.15) is 24.7 Å². The summed E-state index contributed by atoms with van der Waals surface area (Å²) >= 11 is 6.33. The summed E-state index contributed by atoms with van der Waals surface area (Å²) in [6.45, 7) is 0.318. The molecule has 0 saturated carbocycles. The maximum atomic E-state index is 12.0. The van der Waals surface area contributed by atoms with Crippen molar-refractivity contribution in [1.29, 1.82) is 0 Å². The minimum absolute atomic E-state index is 0.0651. The van der Waals surface area contributed by atoms with E-state index >= 15 is 0 Å². The van der Waals surface area contributed by atoms with E-state index in [9.17, 15) is 9.59 Å². The highest BCUT2D eigenvalue weighted by molar-refractivity contribution is 6.41. The van der Waals surface area contributed by atoms with Crippen LogP contribution in [0.3, 0.4) is 0 Å². The average molecular weight is 457 g/mol. The lowest BCUT2D eigenvalue weighted by Gasteiger charge is -2.16. The number of Topliss-reactive ketones (excluding diaryl/α,β-unsaturated/α-hetero) is 1. The van der Waals surface area contributed by atoms with Crippen molar-refractivity contribution in [2.75, 3.05) is 14.2 Å². The van der Waals surface area contributed by atoms with Gasteiger partial charge in [-0.25, -0.2) is 4.79 Å². The molecule has 32 heavy (non-hydrogen) atoms. The van der Waals surface area contributed by atoms with Crippen molar-refractivity contribution in [2.24, 2.45) is 0 Å². The molecule has 0 fully saturated rings. The van der Waals surface area contributed by atoms with Crippen molar-refractivity contribution in [3.8, 4) is 23.0 Å². The summed E-state index contributed by atoms with van der Waals surface area (Å²) < 4.78 is 22.0. The molecule has 0 atom stereocenters. The maximum Gasteiger partial charge on any atom is 0.377 e. The summed E-state index contributed by atoms with van der Waals surface area (Å²) in [5, 5.41) is 9.12. The molecule has 0 aliphatic carbocycles. The number of hydrogen-bond acceptors (Lipinski definition) is 6. The number of benzene rings is 3. The fourth-order valence-electron chi connectivity index (χ4n) is 2.83. The standard InChI is InChI=1S/C24H21ClO7/c1-29-18-7-3-15(4-8-18)13-31-21-12-17(22(26)24(27)28)11-20(25)23(21)32-14-16-5-9-19(30-2)10-6-16/h3-12H,13-14H2,1-2H3,(H,27,28). The predicted molar refractivity (Wildman–Crippen MR) is 118 cm³/mol. The average Bonchev–Trinajstić information content (AvgIpc) is 2.81. The second-order valence-electron chi connectivity index (χ2n) is 6.69. The van der Waals surface area contributed by atoms with Gasteiger partial charge in [0.2, 0.25) is 0 Å². The second-order valence-corrected chi connectivity index (χ2v) is 7.10. The minimum Gasteiger partial charge on any atom is -0.497 e. The maximum absolute atomic E-state index is 12.0. The molecule has 0 amide bonds. The Bertz CT molecular complexity index is 1090. The third-order valence-electron chi connectivity index (χ3n) is 4.56. The molecule has 0 heterocycles. The Labute approximate surface area is 190 Å². The minimum atomic E-state index is -1.59. The van der Waals surface area contributed by atoms with E-state index in [1.165, 1.54) is 12.1 Å². The summed E-state index contributed by atoms with van der Waals surface area (Å²) in [5.41, 5.74) is 1.58. The normalized spacial score (nSPS) is 10.3. The SMILES string of the molecule is COc1ccc(COc2cc(C(=O)C(=O)O)cc(Cl)c2OCc2ccc(OC)cc2)cc1. The molecule has 0 aromatic heterocycles. The lowest BCUT2D eigenvalue weighted by Crippen LogP contribution is -2.13. The number of ketones is 1. The quantitative estimate of drug-likeness (QED) is 0.346. The number of carboxylic acid groups (broad SMARTS) is 1. The number of halogens is 1. The van der Waals surface area contributed by atoms with Crippen molar-refractivity contribution in [1.82, 2.24) is 0 Å². The van der Waals surface area contributed by atoms with Gasteiger partial charge in [-0.05, 0) is 47.5 Å². The molecule has 1 N–H and O–H groups in total. The van der Waals surface area contributed by atoms with Crippen molar-refractivity contribution < 1.29 is 33.6 Å². The Balaban J connectivity index is 1.85. The summed E-state index contributed by atoms with van der Waals surface area (Å²) in [5.74, 6) is -0.900. The van der Waals surface area contributed by atoms with Gasteiger partial charge in [0.15, 0.2) is 11.5 Å². The second kappa shape index (κ2) is 10.5. The summed E-state index contributed by atoms with van der Waals surface area (Å²) in [4.78, 5) is 23.1. The molecule has 0 spiro atoms. The summed E-state index contributed by atoms with van der Waals surface area (Å²) in [7, 11) is 3.16. The van der Waals surface area contributed by atoms with Crippen molar-refractivity contribution in [2.45, 2.75) is 13.2 Å². The molecular formula is C24H21ClO7. The zero-order valence-electron chi connectivity index (χ0n) is 17.5. The van der Waals surface area contributed by atoms with Crippen LogP contribution in [0, 0.1) is 0 Å². The molecule has 0 aliphatic rings. The third-order valence-corrected chi connectivity index (χ3v) is 4.84. The van der Waals surface area contributed by atoms with Gasteiger partial charge in [0.05, 0.1) is 19.2 Å². The van der Waals surface area contributed by atoms with Crippen molar-refractivity contribution >= 4 is 23.4 Å². The lowest BCUT2D eigenvalue weighted by atomic mass is 10.1. The third kappa shape index (κ3) is 5.70. The summed E-state index contributed by atoms with van der Waals surface area (Å²) in [6, 6.07) is 17.1. The first kappa shape index (κ1) is 23.0. The highest BCUT2D eigenvalue weighted by atomic mass is 35.5. The largest absolute Gasteiger partial charge is 0.497 e. The molecule has 3 aromatic rings. The molecule has 0 unspecified atom stereocenters. The van der Waals surface area contributed by atoms with Gasteiger partial charge in [-0.1, -0.05) is 35.9 Å². The van der Waals surface area contributed by atoms with E-state index in [-0.39, 0.29) is 35.3 Å². The van der Waals surface area contributed by atoms with Gasteiger partial charge in [0, 0.05) is 5.56 Å². The molecule has 0 bridgehead atoms. The number of ether oxygens (including phenoxy) is 4. The van der Waals surface area contributed by atoms with Gasteiger partial charge in [0.25, 0.3) is 5.78 Å². The van der Waals surface area contributed by atoms with Crippen LogP contribution in [0.2, 0.25) is 5.02 Å². The predicted octanol–water partition coefficient (Wildman–Crippen LogP) is 4.78. The fraction of sp³-hybridized carbons (Fsp3) is 0.167. The van der Waals surface area contributed by atoms with Crippen LogP contribution >= 0.6 is 11.6 Å². The Hall–Kier alpha value is -3.71. The number of carboxylic acids is 1. The van der Waals surface area contributed by atoms with Gasteiger partial charge in [-0.3, -0.25) is 4.79 Å². The first-order valence-corrected chi connectivity index (χ1v) is 9.91. The van der Waals surface area contributed by atoms with E-state index < -0.39 is 11.8 Å². The number of methoxy groups -OCH3 is 2. The van der Waals surface area contributed by atoms with E-state index in [4.69, 9.17) is 35.7 Å². The van der Waals surface area contributed by atoms with E-state index in [0.29, 0.717) is 11.5 Å². The first-order valence-electron chi connectivity index (χ1n) is 9.54. The molecule has 3 rings (SSSR count). The Morgan fingerprint density at radius 2 is 1.31 bits per heavy atom. The molecule has 3 aromatic carbocycles. The number of hydrogen-bond donors (Lipinski definition) is 1. The topological polar surface area (TPSA) is 91.3 Å². The Kier molecular flexibility index (Phi) is 7.57.